The second kappa shape index (κ2) is 5.73. The summed E-state index contributed by atoms with van der Waals surface area (Å²) in [6.07, 6.45) is 5.22. The van der Waals surface area contributed by atoms with E-state index in [9.17, 15) is 0 Å². The first-order valence-electron chi connectivity index (χ1n) is 6.76. The zero-order valence-corrected chi connectivity index (χ0v) is 11.7. The van der Waals surface area contributed by atoms with Crippen LogP contribution in [0.25, 0.3) is 11.0 Å². The first kappa shape index (κ1) is 13.3. The lowest BCUT2D eigenvalue weighted by molar-refractivity contribution is 0.465. The van der Waals surface area contributed by atoms with Crippen molar-refractivity contribution in [3.8, 4) is 0 Å². The Morgan fingerprint density at radius 2 is 2.29 bits per heavy atom. The molecule has 0 fully saturated rings. The van der Waals surface area contributed by atoms with E-state index < -0.39 is 0 Å². The normalized spacial score (nSPS) is 11.1. The number of nitrogens with one attached hydrogen (secondary N) is 1. The minimum atomic E-state index is 0.221. The highest BCUT2D eigenvalue weighted by atomic mass is 16.4. The Kier molecular flexibility index (Phi) is 3.63. The first-order chi connectivity index (χ1) is 10.3. The molecule has 3 heterocycles. The summed E-state index contributed by atoms with van der Waals surface area (Å²) in [5, 5.41) is 15.2. The molecular weight excluding hydrogens is 272 g/mol. The summed E-state index contributed by atoms with van der Waals surface area (Å²) in [5.74, 6) is 1.35. The van der Waals surface area contributed by atoms with Crippen LogP contribution in [-0.4, -0.2) is 36.5 Å². The van der Waals surface area contributed by atoms with Gasteiger partial charge in [0.1, 0.15) is 12.1 Å². The third kappa shape index (κ3) is 2.91. The minimum Gasteiger partial charge on any atom is -0.426 e. The van der Waals surface area contributed by atoms with E-state index in [1.165, 1.54) is 6.39 Å². The van der Waals surface area contributed by atoms with Crippen LogP contribution < -0.4 is 11.1 Å². The summed E-state index contributed by atoms with van der Waals surface area (Å²) in [7, 11) is 0. The number of anilines is 2. The number of aromatic nitrogens is 6. The Morgan fingerprint density at radius 3 is 3.05 bits per heavy atom. The molecule has 9 nitrogen and oxygen atoms in total. The molecular formula is C12H16N8O. The van der Waals surface area contributed by atoms with Crippen LogP contribution in [0.4, 0.5) is 11.8 Å². The third-order valence-corrected chi connectivity index (χ3v) is 2.95. The molecule has 0 radical (unpaired) electrons. The first-order valence-corrected chi connectivity index (χ1v) is 6.76. The van der Waals surface area contributed by atoms with E-state index in [0.29, 0.717) is 29.3 Å². The third-order valence-electron chi connectivity index (χ3n) is 2.95. The van der Waals surface area contributed by atoms with Gasteiger partial charge in [-0.2, -0.15) is 10.1 Å². The number of hydrogen-bond acceptors (Lipinski definition) is 8. The summed E-state index contributed by atoms with van der Waals surface area (Å²) >= 11 is 0. The molecule has 0 aliphatic carbocycles. The van der Waals surface area contributed by atoms with Crippen LogP contribution in [-0.2, 0) is 6.54 Å². The molecule has 3 N–H and O–H groups in total. The molecule has 0 aliphatic heterocycles. The fourth-order valence-electron chi connectivity index (χ4n) is 1.97. The largest absolute Gasteiger partial charge is 0.426 e. The summed E-state index contributed by atoms with van der Waals surface area (Å²) in [6, 6.07) is 0. The van der Waals surface area contributed by atoms with Gasteiger partial charge in [-0.15, -0.1) is 10.2 Å². The highest BCUT2D eigenvalue weighted by Crippen LogP contribution is 2.19. The molecule has 0 saturated carbocycles. The maximum Gasteiger partial charge on any atom is 0.237 e. The average molecular weight is 288 g/mol. The van der Waals surface area contributed by atoms with Crippen molar-refractivity contribution in [2.75, 3.05) is 17.6 Å². The van der Waals surface area contributed by atoms with E-state index in [4.69, 9.17) is 10.2 Å². The smallest absolute Gasteiger partial charge is 0.237 e. The summed E-state index contributed by atoms with van der Waals surface area (Å²) in [6.45, 7) is 3.33. The summed E-state index contributed by atoms with van der Waals surface area (Å²) in [4.78, 5) is 8.40. The van der Waals surface area contributed by atoms with Gasteiger partial charge >= 0.3 is 0 Å². The number of unbranched alkanes of at least 4 members (excludes halogenated alkanes) is 1. The zero-order valence-electron chi connectivity index (χ0n) is 11.7. The van der Waals surface area contributed by atoms with Gasteiger partial charge in [-0.3, -0.25) is 4.68 Å². The van der Waals surface area contributed by atoms with Crippen LogP contribution in [0.15, 0.2) is 17.0 Å². The van der Waals surface area contributed by atoms with E-state index in [0.717, 1.165) is 19.4 Å². The number of nitrogen functional groups attached to an aromatic ring is 1. The molecule has 0 aromatic carbocycles. The van der Waals surface area contributed by atoms with Crippen molar-refractivity contribution in [2.24, 2.45) is 0 Å². The highest BCUT2D eigenvalue weighted by Gasteiger charge is 2.12. The Morgan fingerprint density at radius 1 is 1.38 bits per heavy atom. The Labute approximate surface area is 120 Å². The van der Waals surface area contributed by atoms with Gasteiger partial charge in [0.15, 0.2) is 11.3 Å². The number of nitrogens with two attached hydrogens (primary N) is 1. The van der Waals surface area contributed by atoms with Gasteiger partial charge in [0.25, 0.3) is 0 Å². The molecule has 0 spiro atoms. The maximum atomic E-state index is 5.73. The van der Waals surface area contributed by atoms with E-state index in [-0.39, 0.29) is 5.95 Å². The molecule has 0 bridgehead atoms. The monoisotopic (exact) mass is 288 g/mol. The minimum absolute atomic E-state index is 0.221. The number of hydrogen-bond donors (Lipinski definition) is 2. The van der Waals surface area contributed by atoms with Gasteiger partial charge < -0.3 is 15.5 Å². The van der Waals surface area contributed by atoms with Crippen molar-refractivity contribution in [1.29, 1.82) is 0 Å². The second-order valence-corrected chi connectivity index (χ2v) is 4.60. The van der Waals surface area contributed by atoms with Crippen LogP contribution in [0.3, 0.4) is 0 Å². The van der Waals surface area contributed by atoms with Gasteiger partial charge in [-0.25, -0.2) is 4.98 Å². The van der Waals surface area contributed by atoms with Crippen molar-refractivity contribution in [3.05, 3.63) is 18.5 Å². The number of fused-ring (bicyclic) bond motifs is 1. The van der Waals surface area contributed by atoms with Crippen LogP contribution in [0.1, 0.15) is 25.7 Å². The van der Waals surface area contributed by atoms with E-state index in [1.807, 2.05) is 0 Å². The second-order valence-electron chi connectivity index (χ2n) is 4.60. The molecule has 21 heavy (non-hydrogen) atoms. The van der Waals surface area contributed by atoms with Crippen LogP contribution in [0.2, 0.25) is 0 Å². The molecule has 0 atom stereocenters. The standard InChI is InChI=1S/C12H16N8O/c1-2-3-4-14-11-10-8(16-12(13)17-11)5-20(19-10)6-9-18-15-7-21-9/h5,7H,2-4,6H2,1H3,(H3,13,14,16,17). The van der Waals surface area contributed by atoms with Gasteiger partial charge in [0, 0.05) is 6.54 Å². The predicted molar refractivity (Wildman–Crippen MR) is 76.5 cm³/mol. The summed E-state index contributed by atoms with van der Waals surface area (Å²) < 4.78 is 6.79. The predicted octanol–water partition coefficient (Wildman–Crippen LogP) is 1.05. The fraction of sp³-hybridized carbons (Fsp3) is 0.417. The lowest BCUT2D eigenvalue weighted by atomic mass is 10.3. The molecule has 3 aromatic heterocycles. The summed E-state index contributed by atoms with van der Waals surface area (Å²) in [5.41, 5.74) is 7.10. The molecule has 0 unspecified atom stereocenters. The highest BCUT2D eigenvalue weighted by molar-refractivity contribution is 5.85. The van der Waals surface area contributed by atoms with Crippen molar-refractivity contribution < 1.29 is 4.42 Å². The average Bonchev–Trinajstić information content (AvgIpc) is 3.08. The van der Waals surface area contributed by atoms with Crippen LogP contribution in [0, 0.1) is 0 Å². The van der Waals surface area contributed by atoms with Gasteiger partial charge in [0.2, 0.25) is 18.2 Å². The van der Waals surface area contributed by atoms with Gasteiger partial charge in [0.05, 0.1) is 6.20 Å². The SMILES string of the molecule is CCCCNc1nc(N)nc2cn(Cc3nnco3)nc12. The number of rotatable bonds is 6. The van der Waals surface area contributed by atoms with Crippen molar-refractivity contribution in [1.82, 2.24) is 29.9 Å². The van der Waals surface area contributed by atoms with E-state index >= 15 is 0 Å². The van der Waals surface area contributed by atoms with Crippen LogP contribution in [0.5, 0.6) is 0 Å². The van der Waals surface area contributed by atoms with Crippen molar-refractivity contribution >= 4 is 22.8 Å². The van der Waals surface area contributed by atoms with Gasteiger partial charge in [-0.05, 0) is 6.42 Å². The van der Waals surface area contributed by atoms with E-state index in [1.54, 1.807) is 10.9 Å². The van der Waals surface area contributed by atoms with Crippen LogP contribution >= 0.6 is 0 Å². The zero-order chi connectivity index (χ0) is 14.7. The molecule has 0 saturated heterocycles. The Hall–Kier alpha value is -2.71. The van der Waals surface area contributed by atoms with E-state index in [2.05, 4.69) is 37.5 Å². The Bertz CT molecular complexity index is 720. The topological polar surface area (TPSA) is 121 Å². The quantitative estimate of drug-likeness (QED) is 0.646. The maximum absolute atomic E-state index is 5.73. The number of nitrogens with zero attached hydrogens (tertiary/aromatic N) is 6. The molecule has 0 amide bonds. The molecule has 110 valence electrons. The lowest BCUT2D eigenvalue weighted by Crippen LogP contribution is -2.06. The fourth-order valence-corrected chi connectivity index (χ4v) is 1.97. The lowest BCUT2D eigenvalue weighted by Gasteiger charge is -2.05. The van der Waals surface area contributed by atoms with Crippen molar-refractivity contribution in [2.45, 2.75) is 26.3 Å². The van der Waals surface area contributed by atoms with Gasteiger partial charge in [-0.1, -0.05) is 13.3 Å². The molecule has 3 aromatic rings. The molecule has 3 rings (SSSR count). The van der Waals surface area contributed by atoms with Crippen molar-refractivity contribution in [3.63, 3.8) is 0 Å². The Balaban J connectivity index is 1.90. The molecule has 0 aliphatic rings. The molecule has 9 heteroatoms.